The third-order valence-corrected chi connectivity index (χ3v) is 9.91. The first-order valence-electron chi connectivity index (χ1n) is 9.41. The predicted octanol–water partition coefficient (Wildman–Crippen LogP) is 5.93. The Balaban J connectivity index is 2.28. The van der Waals surface area contributed by atoms with Gasteiger partial charge in [0.15, 0.2) is 0 Å². The van der Waals surface area contributed by atoms with Crippen molar-refractivity contribution in [3.8, 4) is 0 Å². The number of benzene rings is 3. The third kappa shape index (κ3) is 4.38. The second kappa shape index (κ2) is 9.73. The molecule has 0 saturated carbocycles. The molecule has 140 valence electrons. The van der Waals surface area contributed by atoms with Crippen molar-refractivity contribution in [2.75, 3.05) is 6.16 Å². The third-order valence-electron chi connectivity index (χ3n) is 4.89. The van der Waals surface area contributed by atoms with E-state index in [1.165, 1.54) is 21.5 Å². The summed E-state index contributed by atoms with van der Waals surface area (Å²) in [6, 6.07) is 32.8. The summed E-state index contributed by atoms with van der Waals surface area (Å²) >= 11 is 4.77. The molecule has 0 aromatic heterocycles. The molecule has 0 spiro atoms. The summed E-state index contributed by atoms with van der Waals surface area (Å²) in [6.07, 6.45) is 6.71. The Morgan fingerprint density at radius 2 is 1.18 bits per heavy atom. The molecule has 2 heteroatoms. The molecular formula is C26H26PS+. The van der Waals surface area contributed by atoms with E-state index in [9.17, 15) is 0 Å². The van der Waals surface area contributed by atoms with Crippen LogP contribution in [0.4, 0.5) is 0 Å². The van der Waals surface area contributed by atoms with Crippen LogP contribution in [0.2, 0.25) is 0 Å². The largest absolute Gasteiger partial charge is 0.143 e. The highest BCUT2D eigenvalue weighted by Crippen LogP contribution is 2.56. The van der Waals surface area contributed by atoms with Gasteiger partial charge in [-0.25, -0.2) is 0 Å². The quantitative estimate of drug-likeness (QED) is 0.283. The van der Waals surface area contributed by atoms with Crippen LogP contribution in [-0.4, -0.2) is 6.16 Å². The average Bonchev–Trinajstić information content (AvgIpc) is 2.77. The van der Waals surface area contributed by atoms with Gasteiger partial charge in [-0.05, 0) is 55.0 Å². The van der Waals surface area contributed by atoms with Crippen LogP contribution in [0.3, 0.4) is 0 Å². The smallest absolute Gasteiger partial charge is 0.116 e. The molecule has 0 aliphatic rings. The van der Waals surface area contributed by atoms with Gasteiger partial charge in [-0.3, -0.25) is 0 Å². The molecule has 0 N–H and O–H groups in total. The lowest BCUT2D eigenvalue weighted by Gasteiger charge is -2.28. The molecule has 0 atom stereocenters. The Kier molecular flexibility index (Phi) is 7.09. The Morgan fingerprint density at radius 1 is 0.786 bits per heavy atom. The number of rotatable bonds is 7. The molecule has 0 nitrogen and oxygen atoms in total. The molecule has 3 aromatic carbocycles. The Hall–Kier alpha value is -2.34. The predicted molar refractivity (Wildman–Crippen MR) is 131 cm³/mol. The molecule has 0 radical (unpaired) electrons. The number of thiol groups is 1. The molecule has 0 aliphatic heterocycles. The van der Waals surface area contributed by atoms with Crippen molar-refractivity contribution in [3.05, 3.63) is 126 Å². The molecule has 0 saturated heterocycles. The summed E-state index contributed by atoms with van der Waals surface area (Å²) < 4.78 is 0. The number of hydrogen-bond donors (Lipinski definition) is 1. The summed E-state index contributed by atoms with van der Waals surface area (Å²) in [4.78, 5) is 1.01. The molecule has 3 rings (SSSR count). The lowest BCUT2D eigenvalue weighted by molar-refractivity contribution is 1.38. The van der Waals surface area contributed by atoms with E-state index < -0.39 is 7.26 Å². The molecule has 0 amide bonds. The van der Waals surface area contributed by atoms with Crippen LogP contribution < -0.4 is 15.9 Å². The van der Waals surface area contributed by atoms with Crippen molar-refractivity contribution in [3.63, 3.8) is 0 Å². The van der Waals surface area contributed by atoms with Crippen molar-refractivity contribution in [2.45, 2.75) is 6.92 Å². The Labute approximate surface area is 175 Å². The first-order chi connectivity index (χ1) is 13.7. The van der Waals surface area contributed by atoms with Gasteiger partial charge >= 0.3 is 0 Å². The zero-order valence-electron chi connectivity index (χ0n) is 16.2. The average molecular weight is 402 g/mol. The highest BCUT2D eigenvalue weighted by atomic mass is 32.1. The monoisotopic (exact) mass is 401 g/mol. The SMILES string of the molecule is C=C/C=C\C(S)=C(/C)C[P+](c1ccccc1)(c1ccccc1)c1ccccc1. The number of hydrogen-bond acceptors (Lipinski definition) is 1. The lowest BCUT2D eigenvalue weighted by atomic mass is 10.3. The van der Waals surface area contributed by atoms with E-state index in [-0.39, 0.29) is 0 Å². The van der Waals surface area contributed by atoms with Gasteiger partial charge < -0.3 is 0 Å². The number of allylic oxidation sites excluding steroid dienone is 4. The minimum absolute atomic E-state index is 0.950. The van der Waals surface area contributed by atoms with Crippen LogP contribution >= 0.6 is 19.9 Å². The second-order valence-corrected chi connectivity index (χ2v) is 10.7. The van der Waals surface area contributed by atoms with Crippen LogP contribution in [0.15, 0.2) is 126 Å². The topological polar surface area (TPSA) is 0 Å². The van der Waals surface area contributed by atoms with Gasteiger partial charge in [-0.15, -0.1) is 12.6 Å². The fraction of sp³-hybridized carbons (Fsp3) is 0.0769. The van der Waals surface area contributed by atoms with E-state index in [2.05, 4.69) is 104 Å². The summed E-state index contributed by atoms with van der Waals surface area (Å²) in [6.45, 7) is 5.97. The maximum absolute atomic E-state index is 4.77. The summed E-state index contributed by atoms with van der Waals surface area (Å²) in [5.41, 5.74) is 1.28. The fourth-order valence-electron chi connectivity index (χ4n) is 3.51. The molecule has 3 aromatic rings. The van der Waals surface area contributed by atoms with Gasteiger partial charge in [0.1, 0.15) is 23.2 Å². The molecule has 28 heavy (non-hydrogen) atoms. The normalized spacial score (nSPS) is 12.6. The van der Waals surface area contributed by atoms with E-state index >= 15 is 0 Å². The van der Waals surface area contributed by atoms with Gasteiger partial charge in [-0.2, -0.15) is 0 Å². The van der Waals surface area contributed by atoms with E-state index in [0.717, 1.165) is 11.1 Å². The Bertz CT molecular complexity index is 860. The van der Waals surface area contributed by atoms with Gasteiger partial charge in [0.05, 0.1) is 6.16 Å². The van der Waals surface area contributed by atoms with E-state index in [1.54, 1.807) is 6.08 Å². The van der Waals surface area contributed by atoms with Crippen molar-refractivity contribution < 1.29 is 0 Å². The zero-order chi connectivity index (χ0) is 19.8. The molecule has 0 heterocycles. The van der Waals surface area contributed by atoms with Crippen molar-refractivity contribution in [2.24, 2.45) is 0 Å². The molecule has 0 unspecified atom stereocenters. The first kappa shape index (κ1) is 20.4. The maximum Gasteiger partial charge on any atom is 0.116 e. The van der Waals surface area contributed by atoms with Crippen molar-refractivity contribution >= 4 is 35.8 Å². The van der Waals surface area contributed by atoms with Gasteiger partial charge in [0.25, 0.3) is 0 Å². The highest BCUT2D eigenvalue weighted by molar-refractivity contribution is 7.96. The molecule has 0 fully saturated rings. The minimum Gasteiger partial charge on any atom is -0.143 e. The second-order valence-electron chi connectivity index (χ2n) is 6.73. The fourth-order valence-corrected chi connectivity index (χ4v) is 8.16. The standard InChI is InChI=1S/C26H25PS/c1-3-4-20-26(28)22(2)21-27(23-14-8-5-9-15-23,24-16-10-6-11-17-24)25-18-12-7-13-19-25/h3-20H,1,21H2,2H3/p+1/b20-4-,26-22-. The van der Waals surface area contributed by atoms with E-state index in [1.807, 2.05) is 12.2 Å². The van der Waals surface area contributed by atoms with Crippen LogP contribution in [0.1, 0.15) is 6.92 Å². The van der Waals surface area contributed by atoms with Crippen molar-refractivity contribution in [1.82, 2.24) is 0 Å². The van der Waals surface area contributed by atoms with E-state index in [0.29, 0.717) is 0 Å². The van der Waals surface area contributed by atoms with Crippen LogP contribution in [0.5, 0.6) is 0 Å². The summed E-state index contributed by atoms with van der Waals surface area (Å²) in [5.74, 6) is 0. The zero-order valence-corrected chi connectivity index (χ0v) is 18.0. The van der Waals surface area contributed by atoms with Gasteiger partial charge in [0.2, 0.25) is 0 Å². The Morgan fingerprint density at radius 3 is 1.54 bits per heavy atom. The first-order valence-corrected chi connectivity index (χ1v) is 11.8. The van der Waals surface area contributed by atoms with Crippen LogP contribution in [-0.2, 0) is 0 Å². The van der Waals surface area contributed by atoms with Gasteiger partial charge in [0, 0.05) is 4.91 Å². The van der Waals surface area contributed by atoms with E-state index in [4.69, 9.17) is 12.6 Å². The lowest BCUT2D eigenvalue weighted by Crippen LogP contribution is -2.33. The van der Waals surface area contributed by atoms with Crippen molar-refractivity contribution in [1.29, 1.82) is 0 Å². The maximum atomic E-state index is 4.77. The molecular weight excluding hydrogens is 375 g/mol. The van der Waals surface area contributed by atoms with Gasteiger partial charge in [-0.1, -0.05) is 73.3 Å². The van der Waals surface area contributed by atoms with Crippen LogP contribution in [0.25, 0.3) is 0 Å². The molecule has 0 bridgehead atoms. The summed E-state index contributed by atoms with van der Waals surface area (Å²) in [7, 11) is -1.86. The highest BCUT2D eigenvalue weighted by Gasteiger charge is 2.45. The minimum atomic E-state index is -1.86. The summed E-state index contributed by atoms with van der Waals surface area (Å²) in [5, 5.41) is 4.17. The molecule has 0 aliphatic carbocycles. The van der Waals surface area contributed by atoms with Crippen LogP contribution in [0, 0.1) is 0 Å².